The van der Waals surface area contributed by atoms with Crippen LogP contribution in [0.5, 0.6) is 0 Å². The van der Waals surface area contributed by atoms with Gasteiger partial charge in [-0.2, -0.15) is 17.0 Å². The molecule has 1 aromatic carbocycles. The molecule has 0 spiro atoms. The number of hydrogen-bond donors (Lipinski definition) is 1. The Morgan fingerprint density at radius 1 is 1.30 bits per heavy atom. The van der Waals surface area contributed by atoms with Gasteiger partial charge in [-0.05, 0) is 37.1 Å². The summed E-state index contributed by atoms with van der Waals surface area (Å²) < 4.78 is 0. The van der Waals surface area contributed by atoms with E-state index in [4.69, 9.17) is 0 Å². The molecule has 1 N–H and O–H groups in total. The highest BCUT2D eigenvalue weighted by atomic mass is 32.2. The molecule has 2 aromatic rings. The van der Waals surface area contributed by atoms with Gasteiger partial charge in [0.05, 0.1) is 5.56 Å². The summed E-state index contributed by atoms with van der Waals surface area (Å²) in [6.07, 6.45) is 1.33. The van der Waals surface area contributed by atoms with Crippen LogP contribution in [0.1, 0.15) is 34.4 Å². The van der Waals surface area contributed by atoms with Crippen LogP contribution in [0.3, 0.4) is 0 Å². The summed E-state index contributed by atoms with van der Waals surface area (Å²) in [5.74, 6) is 1.92. The Hall–Kier alpha value is -1.77. The van der Waals surface area contributed by atoms with Gasteiger partial charge in [0.2, 0.25) is 5.91 Å². The van der Waals surface area contributed by atoms with Gasteiger partial charge >= 0.3 is 0 Å². The molecule has 1 heterocycles. The van der Waals surface area contributed by atoms with Gasteiger partial charge in [-0.1, -0.05) is 30.3 Å². The highest BCUT2D eigenvalue weighted by molar-refractivity contribution is 7.98. The minimum atomic E-state index is -0.0111. The van der Waals surface area contributed by atoms with Crippen molar-refractivity contribution in [3.05, 3.63) is 51.9 Å². The van der Waals surface area contributed by atoms with Gasteiger partial charge in [0, 0.05) is 17.1 Å². The Bertz CT molecular complexity index is 702. The molecule has 0 aliphatic rings. The molecule has 5 heteroatoms. The van der Waals surface area contributed by atoms with Crippen molar-refractivity contribution in [2.75, 3.05) is 11.1 Å². The first-order valence-corrected chi connectivity index (χ1v) is 9.50. The van der Waals surface area contributed by atoms with Gasteiger partial charge in [0.1, 0.15) is 11.1 Å². The van der Waals surface area contributed by atoms with E-state index in [0.717, 1.165) is 28.4 Å². The second-order valence-corrected chi connectivity index (χ2v) is 7.62. The molecule has 0 bridgehead atoms. The highest BCUT2D eigenvalue weighted by Crippen LogP contribution is 2.31. The fraction of sp³-hybridized carbons (Fsp3) is 0.333. The summed E-state index contributed by atoms with van der Waals surface area (Å²) in [7, 11) is 0. The van der Waals surface area contributed by atoms with Crippen molar-refractivity contribution in [2.24, 2.45) is 0 Å². The molecule has 0 fully saturated rings. The number of thioether (sulfide) groups is 1. The van der Waals surface area contributed by atoms with E-state index in [1.54, 1.807) is 0 Å². The van der Waals surface area contributed by atoms with E-state index in [2.05, 4.69) is 23.5 Å². The summed E-state index contributed by atoms with van der Waals surface area (Å²) in [6.45, 7) is 3.89. The summed E-state index contributed by atoms with van der Waals surface area (Å²) in [4.78, 5) is 13.1. The number of rotatable bonds is 7. The summed E-state index contributed by atoms with van der Waals surface area (Å²) in [5, 5.41) is 12.7. The number of aryl methyl sites for hydroxylation is 1. The monoisotopic (exact) mass is 344 g/mol. The number of carbonyl (C=O) groups is 1. The average Bonchev–Trinajstić information content (AvgIpc) is 2.81. The third kappa shape index (κ3) is 5.12. The third-order valence-electron chi connectivity index (χ3n) is 3.55. The van der Waals surface area contributed by atoms with E-state index in [1.165, 1.54) is 16.9 Å². The predicted octanol–water partition coefficient (Wildman–Crippen LogP) is 4.89. The van der Waals surface area contributed by atoms with Gasteiger partial charge in [-0.15, -0.1) is 11.3 Å². The Kier molecular flexibility index (Phi) is 6.69. The smallest absolute Gasteiger partial charge is 0.225 e. The van der Waals surface area contributed by atoms with Crippen LogP contribution in [-0.2, 0) is 10.5 Å². The van der Waals surface area contributed by atoms with Gasteiger partial charge in [-0.3, -0.25) is 4.79 Å². The number of benzene rings is 1. The molecule has 1 amide bonds. The number of nitrogens with zero attached hydrogens (tertiary/aromatic N) is 1. The van der Waals surface area contributed by atoms with Gasteiger partial charge in [0.15, 0.2) is 0 Å². The lowest BCUT2D eigenvalue weighted by atomic mass is 10.2. The lowest BCUT2D eigenvalue weighted by molar-refractivity contribution is -0.116. The van der Waals surface area contributed by atoms with Crippen molar-refractivity contribution < 1.29 is 4.79 Å². The van der Waals surface area contributed by atoms with E-state index in [0.29, 0.717) is 17.0 Å². The fourth-order valence-electron chi connectivity index (χ4n) is 2.14. The zero-order chi connectivity index (χ0) is 16.7. The molecule has 0 saturated heterocycles. The topological polar surface area (TPSA) is 52.9 Å². The minimum absolute atomic E-state index is 0.0111. The summed E-state index contributed by atoms with van der Waals surface area (Å²) in [6, 6.07) is 12.5. The van der Waals surface area contributed by atoms with Gasteiger partial charge in [-0.25, -0.2) is 0 Å². The molecule has 0 radical (unpaired) electrons. The first-order chi connectivity index (χ1) is 11.1. The predicted molar refractivity (Wildman–Crippen MR) is 99.0 cm³/mol. The zero-order valence-corrected chi connectivity index (χ0v) is 15.0. The molecule has 1 aromatic heterocycles. The van der Waals surface area contributed by atoms with Crippen LogP contribution in [0, 0.1) is 25.2 Å². The van der Waals surface area contributed by atoms with Crippen LogP contribution in [0.25, 0.3) is 0 Å². The van der Waals surface area contributed by atoms with Gasteiger partial charge in [0.25, 0.3) is 0 Å². The maximum absolute atomic E-state index is 12.0. The van der Waals surface area contributed by atoms with Crippen molar-refractivity contribution in [2.45, 2.75) is 32.4 Å². The molecule has 0 saturated carbocycles. The van der Waals surface area contributed by atoms with Crippen LogP contribution in [-0.4, -0.2) is 11.7 Å². The van der Waals surface area contributed by atoms with Crippen LogP contribution < -0.4 is 5.32 Å². The highest BCUT2D eigenvalue weighted by Gasteiger charge is 2.14. The number of carbonyl (C=O) groups excluding carboxylic acids is 1. The van der Waals surface area contributed by atoms with Gasteiger partial charge < -0.3 is 5.32 Å². The number of nitrogens with one attached hydrogen (secondary N) is 1. The molecule has 0 unspecified atom stereocenters. The molecule has 3 nitrogen and oxygen atoms in total. The zero-order valence-electron chi connectivity index (χ0n) is 13.4. The van der Waals surface area contributed by atoms with Crippen molar-refractivity contribution in [3.8, 4) is 6.07 Å². The second kappa shape index (κ2) is 8.76. The summed E-state index contributed by atoms with van der Waals surface area (Å²) >= 11 is 3.31. The van der Waals surface area contributed by atoms with E-state index in [-0.39, 0.29) is 5.91 Å². The first-order valence-electron chi connectivity index (χ1n) is 7.53. The molecule has 23 heavy (non-hydrogen) atoms. The van der Waals surface area contributed by atoms with Crippen molar-refractivity contribution in [1.82, 2.24) is 0 Å². The molecule has 0 aliphatic carbocycles. The normalized spacial score (nSPS) is 10.3. The quantitative estimate of drug-likeness (QED) is 0.728. The average molecular weight is 345 g/mol. The van der Waals surface area contributed by atoms with E-state index < -0.39 is 0 Å². The lowest BCUT2D eigenvalue weighted by Crippen LogP contribution is -2.11. The number of thiophene rings is 1. The molecule has 2 rings (SSSR count). The van der Waals surface area contributed by atoms with Crippen molar-refractivity contribution in [3.63, 3.8) is 0 Å². The van der Waals surface area contributed by atoms with E-state index in [1.807, 2.05) is 43.8 Å². The standard InChI is InChI=1S/C18H20N2OS2/c1-13-14(2)23-18(16(13)11-19)20-17(21)9-6-10-22-12-15-7-4-3-5-8-15/h3-5,7-8H,6,9-10,12H2,1-2H3,(H,20,21). The second-order valence-electron chi connectivity index (χ2n) is 5.29. The maximum atomic E-state index is 12.0. The molecular formula is C18H20N2OS2. The van der Waals surface area contributed by atoms with Crippen LogP contribution in [0.15, 0.2) is 30.3 Å². The first kappa shape index (κ1) is 17.6. The Labute approximate surface area is 145 Å². The molecule has 0 atom stereocenters. The Morgan fingerprint density at radius 3 is 2.74 bits per heavy atom. The Morgan fingerprint density at radius 2 is 2.04 bits per heavy atom. The summed E-state index contributed by atoms with van der Waals surface area (Å²) in [5.41, 5.74) is 2.87. The number of amides is 1. The van der Waals surface area contributed by atoms with Crippen molar-refractivity contribution in [1.29, 1.82) is 5.26 Å². The molecule has 0 aliphatic heterocycles. The fourth-order valence-corrected chi connectivity index (χ4v) is 4.09. The maximum Gasteiger partial charge on any atom is 0.225 e. The van der Waals surface area contributed by atoms with Crippen molar-refractivity contribution >= 4 is 34.0 Å². The minimum Gasteiger partial charge on any atom is -0.317 e. The van der Waals surface area contributed by atoms with Crippen LogP contribution >= 0.6 is 23.1 Å². The van der Waals surface area contributed by atoms with Crippen LogP contribution in [0.4, 0.5) is 5.00 Å². The number of hydrogen-bond acceptors (Lipinski definition) is 4. The number of nitriles is 1. The lowest BCUT2D eigenvalue weighted by Gasteiger charge is -2.04. The third-order valence-corrected chi connectivity index (χ3v) is 5.79. The van der Waals surface area contributed by atoms with E-state index >= 15 is 0 Å². The SMILES string of the molecule is Cc1sc(NC(=O)CCCSCc2ccccc2)c(C#N)c1C. The molecule has 120 valence electrons. The largest absolute Gasteiger partial charge is 0.317 e. The number of anilines is 1. The molecular weight excluding hydrogens is 324 g/mol. The van der Waals surface area contributed by atoms with Crippen LogP contribution in [0.2, 0.25) is 0 Å². The van der Waals surface area contributed by atoms with E-state index in [9.17, 15) is 10.1 Å². The Balaban J connectivity index is 1.72.